The van der Waals surface area contributed by atoms with Crippen molar-refractivity contribution in [1.29, 1.82) is 0 Å². The zero-order chi connectivity index (χ0) is 15.5. The van der Waals surface area contributed by atoms with Gasteiger partial charge in [-0.3, -0.25) is 14.9 Å². The Bertz CT molecular complexity index is 620. The molecule has 0 radical (unpaired) electrons. The van der Waals surface area contributed by atoms with E-state index in [9.17, 15) is 14.4 Å². The molecule has 1 fully saturated rings. The van der Waals surface area contributed by atoms with Gasteiger partial charge in [-0.25, -0.2) is 4.79 Å². The van der Waals surface area contributed by atoms with Crippen molar-refractivity contribution in [2.45, 2.75) is 36.2 Å². The summed E-state index contributed by atoms with van der Waals surface area (Å²) in [5.41, 5.74) is 1.15. The summed E-state index contributed by atoms with van der Waals surface area (Å²) >= 11 is 1.80. The number of hydrogen-bond acceptors (Lipinski definition) is 4. The second-order valence-corrected chi connectivity index (χ2v) is 6.49. The Balaban J connectivity index is 1.54. The fraction of sp³-hybridized carbons (Fsp3) is 0.400. The van der Waals surface area contributed by atoms with Gasteiger partial charge in [0.2, 0.25) is 5.91 Å². The largest absolute Gasteiger partial charge is 0.349 e. The Kier molecular flexibility index (Phi) is 4.33. The van der Waals surface area contributed by atoms with Crippen LogP contribution < -0.4 is 16.0 Å². The van der Waals surface area contributed by atoms with E-state index in [4.69, 9.17) is 0 Å². The summed E-state index contributed by atoms with van der Waals surface area (Å²) in [6.07, 6.45) is 1.42. The molecule has 0 aromatic heterocycles. The number of urea groups is 1. The molecular formula is C15H17N3O3S. The highest BCUT2D eigenvalue weighted by Crippen LogP contribution is 2.35. The van der Waals surface area contributed by atoms with Crippen LogP contribution in [0, 0.1) is 0 Å². The van der Waals surface area contributed by atoms with Crippen LogP contribution >= 0.6 is 11.8 Å². The number of benzene rings is 1. The van der Waals surface area contributed by atoms with Gasteiger partial charge in [0.25, 0.3) is 5.91 Å². The van der Waals surface area contributed by atoms with Crippen LogP contribution in [0.4, 0.5) is 4.79 Å². The van der Waals surface area contributed by atoms with Gasteiger partial charge in [-0.2, -0.15) is 0 Å². The van der Waals surface area contributed by atoms with Crippen molar-refractivity contribution in [2.75, 3.05) is 5.75 Å². The molecule has 116 valence electrons. The molecule has 7 heteroatoms. The van der Waals surface area contributed by atoms with Gasteiger partial charge < -0.3 is 10.6 Å². The Morgan fingerprint density at radius 2 is 2.14 bits per heavy atom. The minimum absolute atomic E-state index is 0.0249. The van der Waals surface area contributed by atoms with Gasteiger partial charge >= 0.3 is 6.03 Å². The third-order valence-corrected chi connectivity index (χ3v) is 4.93. The topological polar surface area (TPSA) is 87.3 Å². The highest BCUT2D eigenvalue weighted by Gasteiger charge is 2.30. The molecule has 2 atom stereocenters. The van der Waals surface area contributed by atoms with Gasteiger partial charge in [-0.05, 0) is 24.5 Å². The van der Waals surface area contributed by atoms with E-state index < -0.39 is 12.1 Å². The SMILES string of the molecule is O=C(CC[C@H]1NC(=O)NC1=O)N[C@@H]1CCSc2ccccc21. The van der Waals surface area contributed by atoms with Crippen LogP contribution in [0.5, 0.6) is 0 Å². The minimum Gasteiger partial charge on any atom is -0.349 e. The highest BCUT2D eigenvalue weighted by molar-refractivity contribution is 7.99. The number of imide groups is 1. The number of hydrogen-bond donors (Lipinski definition) is 3. The van der Waals surface area contributed by atoms with Gasteiger partial charge in [0, 0.05) is 17.1 Å². The lowest BCUT2D eigenvalue weighted by Crippen LogP contribution is -2.34. The monoisotopic (exact) mass is 319 g/mol. The number of fused-ring (bicyclic) bond motifs is 1. The third-order valence-electron chi connectivity index (χ3n) is 3.81. The number of amides is 4. The van der Waals surface area contributed by atoms with Crippen molar-refractivity contribution < 1.29 is 14.4 Å². The molecule has 1 aromatic carbocycles. The second kappa shape index (κ2) is 6.39. The van der Waals surface area contributed by atoms with Crippen molar-refractivity contribution >= 4 is 29.6 Å². The van der Waals surface area contributed by atoms with Crippen molar-refractivity contribution in [3.8, 4) is 0 Å². The van der Waals surface area contributed by atoms with Crippen LogP contribution in [0.1, 0.15) is 30.9 Å². The number of thioether (sulfide) groups is 1. The maximum Gasteiger partial charge on any atom is 0.322 e. The average molecular weight is 319 g/mol. The lowest BCUT2D eigenvalue weighted by Gasteiger charge is -2.26. The lowest BCUT2D eigenvalue weighted by molar-refractivity contribution is -0.122. The van der Waals surface area contributed by atoms with Gasteiger partial charge in [0.1, 0.15) is 6.04 Å². The number of rotatable bonds is 4. The molecule has 1 saturated heterocycles. The normalized spacial score (nSPS) is 23.5. The lowest BCUT2D eigenvalue weighted by atomic mass is 10.0. The molecule has 3 rings (SSSR count). The van der Waals surface area contributed by atoms with Crippen molar-refractivity contribution in [1.82, 2.24) is 16.0 Å². The van der Waals surface area contributed by atoms with E-state index in [-0.39, 0.29) is 24.3 Å². The maximum absolute atomic E-state index is 12.1. The van der Waals surface area contributed by atoms with Crippen molar-refractivity contribution in [3.05, 3.63) is 29.8 Å². The summed E-state index contributed by atoms with van der Waals surface area (Å²) in [5, 5.41) is 7.69. The standard InChI is InChI=1S/C15H17N3O3S/c19-13(6-5-11-14(20)18-15(21)17-11)16-10-7-8-22-12-4-2-1-3-9(10)12/h1-4,10-11H,5-8H2,(H,16,19)(H2,17,18,20,21)/t10-,11-/m1/s1. The predicted molar refractivity (Wildman–Crippen MR) is 82.4 cm³/mol. The summed E-state index contributed by atoms with van der Waals surface area (Å²) in [4.78, 5) is 35.8. The molecule has 2 heterocycles. The fourth-order valence-corrected chi connectivity index (χ4v) is 3.82. The molecule has 0 bridgehead atoms. The minimum atomic E-state index is -0.604. The highest BCUT2D eigenvalue weighted by atomic mass is 32.2. The molecule has 2 aliphatic heterocycles. The molecule has 0 unspecified atom stereocenters. The number of carbonyl (C=O) groups excluding carboxylic acids is 3. The molecular weight excluding hydrogens is 302 g/mol. The van der Waals surface area contributed by atoms with Crippen molar-refractivity contribution in [2.24, 2.45) is 0 Å². The second-order valence-electron chi connectivity index (χ2n) is 5.35. The number of nitrogens with one attached hydrogen (secondary N) is 3. The van der Waals surface area contributed by atoms with Crippen LogP contribution in [-0.2, 0) is 9.59 Å². The molecule has 3 N–H and O–H groups in total. The molecule has 2 aliphatic rings. The van der Waals surface area contributed by atoms with E-state index in [0.29, 0.717) is 6.42 Å². The Labute approximate surface area is 132 Å². The number of carbonyl (C=O) groups is 3. The Hall–Kier alpha value is -2.02. The van der Waals surface area contributed by atoms with E-state index in [2.05, 4.69) is 22.0 Å². The van der Waals surface area contributed by atoms with Gasteiger partial charge in [0.05, 0.1) is 6.04 Å². The first-order valence-electron chi connectivity index (χ1n) is 7.26. The molecule has 0 spiro atoms. The predicted octanol–water partition coefficient (Wildman–Crippen LogP) is 1.33. The quantitative estimate of drug-likeness (QED) is 0.731. The van der Waals surface area contributed by atoms with E-state index in [1.165, 1.54) is 4.90 Å². The molecule has 22 heavy (non-hydrogen) atoms. The summed E-state index contributed by atoms with van der Waals surface area (Å²) in [5.74, 6) is 0.515. The van der Waals surface area contributed by atoms with Gasteiger partial charge in [-0.1, -0.05) is 18.2 Å². The smallest absolute Gasteiger partial charge is 0.322 e. The summed E-state index contributed by atoms with van der Waals surface area (Å²) < 4.78 is 0. The zero-order valence-corrected chi connectivity index (χ0v) is 12.7. The Morgan fingerprint density at radius 3 is 2.91 bits per heavy atom. The van der Waals surface area contributed by atoms with Gasteiger partial charge in [-0.15, -0.1) is 11.8 Å². The summed E-state index contributed by atoms with van der Waals surface area (Å²) in [6, 6.07) is 7.01. The molecule has 0 aliphatic carbocycles. The van der Waals surface area contributed by atoms with Gasteiger partial charge in [0.15, 0.2) is 0 Å². The van der Waals surface area contributed by atoms with E-state index in [0.717, 1.165) is 17.7 Å². The molecule has 0 saturated carbocycles. The fourth-order valence-electron chi connectivity index (χ4n) is 2.70. The summed E-state index contributed by atoms with van der Waals surface area (Å²) in [7, 11) is 0. The first-order chi connectivity index (χ1) is 10.6. The van der Waals surface area contributed by atoms with Crippen molar-refractivity contribution in [3.63, 3.8) is 0 Å². The molecule has 4 amide bonds. The molecule has 6 nitrogen and oxygen atoms in total. The third kappa shape index (κ3) is 3.24. The Morgan fingerprint density at radius 1 is 1.32 bits per heavy atom. The van der Waals surface area contributed by atoms with E-state index >= 15 is 0 Å². The van der Waals surface area contributed by atoms with Crippen LogP contribution in [0.15, 0.2) is 29.2 Å². The van der Waals surface area contributed by atoms with Crippen LogP contribution in [0.25, 0.3) is 0 Å². The van der Waals surface area contributed by atoms with Crippen LogP contribution in [0.3, 0.4) is 0 Å². The van der Waals surface area contributed by atoms with E-state index in [1.54, 1.807) is 11.8 Å². The average Bonchev–Trinajstić information content (AvgIpc) is 2.83. The maximum atomic E-state index is 12.1. The van der Waals surface area contributed by atoms with Crippen LogP contribution in [0.2, 0.25) is 0 Å². The first-order valence-corrected chi connectivity index (χ1v) is 8.24. The molecule has 1 aromatic rings. The van der Waals surface area contributed by atoms with Crippen LogP contribution in [-0.4, -0.2) is 29.6 Å². The zero-order valence-electron chi connectivity index (χ0n) is 11.9. The first kappa shape index (κ1) is 14.9. The van der Waals surface area contributed by atoms with E-state index in [1.807, 2.05) is 18.2 Å². The summed E-state index contributed by atoms with van der Waals surface area (Å²) in [6.45, 7) is 0.